The highest BCUT2D eigenvalue weighted by molar-refractivity contribution is 5.82. The maximum Gasteiger partial charge on any atom is 0.240 e. The van der Waals surface area contributed by atoms with Crippen molar-refractivity contribution in [3.8, 4) is 0 Å². The van der Waals surface area contributed by atoms with Gasteiger partial charge in [0.25, 0.3) is 0 Å². The van der Waals surface area contributed by atoms with Crippen LogP contribution in [0.15, 0.2) is 0 Å². The molecule has 88 valence electrons. The van der Waals surface area contributed by atoms with E-state index in [1.807, 2.05) is 11.9 Å². The topological polar surface area (TPSA) is 43.8 Å². The van der Waals surface area contributed by atoms with Crippen LogP contribution < -0.4 is 0 Å². The van der Waals surface area contributed by atoms with Crippen molar-refractivity contribution in [1.29, 1.82) is 0 Å². The van der Waals surface area contributed by atoms with Crippen LogP contribution in [-0.2, 0) is 4.79 Å². The zero-order valence-electron chi connectivity index (χ0n) is 9.94. The Morgan fingerprint density at radius 3 is 2.73 bits per heavy atom. The van der Waals surface area contributed by atoms with Crippen LogP contribution in [-0.4, -0.2) is 59.6 Å². The van der Waals surface area contributed by atoms with Crippen molar-refractivity contribution >= 4 is 5.91 Å². The van der Waals surface area contributed by atoms with Gasteiger partial charge in [0.1, 0.15) is 0 Å². The van der Waals surface area contributed by atoms with Crippen LogP contribution in [0.5, 0.6) is 0 Å². The van der Waals surface area contributed by atoms with E-state index in [1.165, 1.54) is 0 Å². The standard InChI is InChI=1S/C11H22N2O2/c1-4-6-13-8-9(2)12(3)10(5-7-14)11(13)15/h9-10,14H,4-8H2,1-3H3. The van der Waals surface area contributed by atoms with Gasteiger partial charge in [0.15, 0.2) is 0 Å². The molecule has 0 aromatic rings. The van der Waals surface area contributed by atoms with E-state index < -0.39 is 0 Å². The fourth-order valence-corrected chi connectivity index (χ4v) is 2.15. The SMILES string of the molecule is CCCN1CC(C)N(C)C(CCO)C1=O. The molecule has 2 unspecified atom stereocenters. The first-order valence-electron chi connectivity index (χ1n) is 5.73. The lowest BCUT2D eigenvalue weighted by Crippen LogP contribution is -2.59. The molecular weight excluding hydrogens is 192 g/mol. The Morgan fingerprint density at radius 2 is 2.20 bits per heavy atom. The lowest BCUT2D eigenvalue weighted by molar-refractivity contribution is -0.144. The molecule has 1 saturated heterocycles. The van der Waals surface area contributed by atoms with Gasteiger partial charge in [-0.15, -0.1) is 0 Å². The molecule has 2 atom stereocenters. The van der Waals surface area contributed by atoms with Crippen LogP contribution in [0.2, 0.25) is 0 Å². The minimum absolute atomic E-state index is 0.0768. The Hall–Kier alpha value is -0.610. The molecule has 1 aliphatic heterocycles. The normalized spacial score (nSPS) is 28.5. The van der Waals surface area contributed by atoms with Gasteiger partial charge >= 0.3 is 0 Å². The second kappa shape index (κ2) is 5.47. The van der Waals surface area contributed by atoms with Crippen molar-refractivity contribution < 1.29 is 9.90 Å². The lowest BCUT2D eigenvalue weighted by Gasteiger charge is -2.43. The number of hydrogen-bond acceptors (Lipinski definition) is 3. The summed E-state index contributed by atoms with van der Waals surface area (Å²) in [6, 6.07) is 0.246. The van der Waals surface area contributed by atoms with Gasteiger partial charge in [-0.1, -0.05) is 6.92 Å². The first-order chi connectivity index (χ1) is 7.11. The van der Waals surface area contributed by atoms with Crippen molar-refractivity contribution in [2.45, 2.75) is 38.8 Å². The van der Waals surface area contributed by atoms with Crippen molar-refractivity contribution in [3.05, 3.63) is 0 Å². The third-order valence-electron chi connectivity index (χ3n) is 3.16. The number of hydrogen-bond donors (Lipinski definition) is 1. The summed E-state index contributed by atoms with van der Waals surface area (Å²) in [5.41, 5.74) is 0. The minimum atomic E-state index is -0.134. The van der Waals surface area contributed by atoms with Gasteiger partial charge in [0.2, 0.25) is 5.91 Å². The average molecular weight is 214 g/mol. The molecular formula is C11H22N2O2. The maximum absolute atomic E-state index is 12.0. The van der Waals surface area contributed by atoms with Crippen LogP contribution in [0.4, 0.5) is 0 Å². The summed E-state index contributed by atoms with van der Waals surface area (Å²) >= 11 is 0. The number of aliphatic hydroxyl groups is 1. The Morgan fingerprint density at radius 1 is 1.53 bits per heavy atom. The predicted octanol–water partition coefficient (Wildman–Crippen LogP) is 0.310. The largest absolute Gasteiger partial charge is 0.396 e. The average Bonchev–Trinajstić information content (AvgIpc) is 2.21. The monoisotopic (exact) mass is 214 g/mol. The van der Waals surface area contributed by atoms with Gasteiger partial charge in [0.05, 0.1) is 6.04 Å². The molecule has 1 aliphatic rings. The van der Waals surface area contributed by atoms with Crippen LogP contribution >= 0.6 is 0 Å². The zero-order valence-corrected chi connectivity index (χ0v) is 9.94. The van der Waals surface area contributed by atoms with Crippen molar-refractivity contribution in [3.63, 3.8) is 0 Å². The van der Waals surface area contributed by atoms with Gasteiger partial charge in [-0.25, -0.2) is 0 Å². The Labute approximate surface area is 91.9 Å². The lowest BCUT2D eigenvalue weighted by atomic mass is 10.0. The second-order valence-corrected chi connectivity index (χ2v) is 4.33. The van der Waals surface area contributed by atoms with Crippen LogP contribution in [0, 0.1) is 0 Å². The number of carbonyl (C=O) groups excluding carboxylic acids is 1. The number of likely N-dealkylation sites (N-methyl/N-ethyl adjacent to an activating group) is 1. The molecule has 0 aliphatic carbocycles. The highest BCUT2D eigenvalue weighted by Gasteiger charge is 2.35. The minimum Gasteiger partial charge on any atom is -0.396 e. The Balaban J connectivity index is 2.70. The molecule has 1 rings (SSSR count). The molecule has 1 heterocycles. The van der Waals surface area contributed by atoms with E-state index in [-0.39, 0.29) is 18.6 Å². The number of rotatable bonds is 4. The summed E-state index contributed by atoms with van der Waals surface area (Å²) in [7, 11) is 1.96. The van der Waals surface area contributed by atoms with Gasteiger partial charge in [-0.3, -0.25) is 9.69 Å². The van der Waals surface area contributed by atoms with Crippen LogP contribution in [0.3, 0.4) is 0 Å². The van der Waals surface area contributed by atoms with Gasteiger partial charge in [0, 0.05) is 25.7 Å². The van der Waals surface area contributed by atoms with E-state index in [4.69, 9.17) is 5.11 Å². The zero-order chi connectivity index (χ0) is 11.4. The van der Waals surface area contributed by atoms with Crippen molar-refractivity contribution in [2.75, 3.05) is 26.7 Å². The second-order valence-electron chi connectivity index (χ2n) is 4.33. The molecule has 0 spiro atoms. The number of nitrogens with zero attached hydrogens (tertiary/aromatic N) is 2. The Bertz CT molecular complexity index is 221. The van der Waals surface area contributed by atoms with E-state index in [2.05, 4.69) is 18.7 Å². The fourth-order valence-electron chi connectivity index (χ4n) is 2.15. The first kappa shape index (κ1) is 12.5. The van der Waals surface area contributed by atoms with Gasteiger partial charge in [-0.2, -0.15) is 0 Å². The summed E-state index contributed by atoms with van der Waals surface area (Å²) in [5.74, 6) is 0.173. The van der Waals surface area contributed by atoms with Gasteiger partial charge in [-0.05, 0) is 26.8 Å². The Kier molecular flexibility index (Phi) is 4.54. The number of carbonyl (C=O) groups is 1. The number of amides is 1. The summed E-state index contributed by atoms with van der Waals surface area (Å²) in [6.45, 7) is 5.92. The summed E-state index contributed by atoms with van der Waals surface area (Å²) in [6.07, 6.45) is 1.54. The highest BCUT2D eigenvalue weighted by Crippen LogP contribution is 2.17. The summed E-state index contributed by atoms with van der Waals surface area (Å²) in [4.78, 5) is 16.0. The van der Waals surface area contributed by atoms with E-state index in [9.17, 15) is 4.79 Å². The molecule has 15 heavy (non-hydrogen) atoms. The first-order valence-corrected chi connectivity index (χ1v) is 5.73. The van der Waals surface area contributed by atoms with E-state index in [1.54, 1.807) is 0 Å². The van der Waals surface area contributed by atoms with E-state index in [0.29, 0.717) is 12.5 Å². The van der Waals surface area contributed by atoms with E-state index >= 15 is 0 Å². The summed E-state index contributed by atoms with van der Waals surface area (Å²) in [5, 5.41) is 8.96. The molecule has 0 saturated carbocycles. The molecule has 0 aromatic heterocycles. The van der Waals surface area contributed by atoms with Crippen molar-refractivity contribution in [2.24, 2.45) is 0 Å². The molecule has 0 bridgehead atoms. The van der Waals surface area contributed by atoms with Crippen LogP contribution in [0.25, 0.3) is 0 Å². The molecule has 0 aromatic carbocycles. The number of piperazine rings is 1. The third kappa shape index (κ3) is 2.69. The maximum atomic E-state index is 12.0. The number of aliphatic hydroxyl groups excluding tert-OH is 1. The molecule has 1 fully saturated rings. The fraction of sp³-hybridized carbons (Fsp3) is 0.909. The molecule has 4 heteroatoms. The molecule has 4 nitrogen and oxygen atoms in total. The van der Waals surface area contributed by atoms with Crippen LogP contribution in [0.1, 0.15) is 26.7 Å². The highest BCUT2D eigenvalue weighted by atomic mass is 16.3. The quantitative estimate of drug-likeness (QED) is 0.732. The molecule has 0 radical (unpaired) electrons. The third-order valence-corrected chi connectivity index (χ3v) is 3.16. The van der Waals surface area contributed by atoms with Crippen molar-refractivity contribution in [1.82, 2.24) is 9.80 Å². The smallest absolute Gasteiger partial charge is 0.240 e. The predicted molar refractivity (Wildman–Crippen MR) is 59.6 cm³/mol. The summed E-state index contributed by atoms with van der Waals surface area (Å²) < 4.78 is 0. The molecule has 1 N–H and O–H groups in total. The van der Waals surface area contributed by atoms with Gasteiger partial charge < -0.3 is 10.0 Å². The van der Waals surface area contributed by atoms with E-state index in [0.717, 1.165) is 19.5 Å². The molecule has 1 amide bonds.